The molecule has 1 amide bonds. The van der Waals surface area contributed by atoms with E-state index in [9.17, 15) is 9.18 Å². The SMILES string of the molecule is CC(NC(=O)CSc1nnc(-c2ccccc2F)n1N)c1ccccc1. The fourth-order valence-electron chi connectivity index (χ4n) is 2.44. The molecule has 0 aliphatic rings. The van der Waals surface area contributed by atoms with Crippen molar-refractivity contribution in [2.24, 2.45) is 0 Å². The van der Waals surface area contributed by atoms with Gasteiger partial charge in [-0.25, -0.2) is 9.07 Å². The first-order chi connectivity index (χ1) is 12.6. The Morgan fingerprint density at radius 2 is 1.88 bits per heavy atom. The van der Waals surface area contributed by atoms with Crippen molar-refractivity contribution in [3.8, 4) is 11.4 Å². The molecule has 0 saturated heterocycles. The van der Waals surface area contributed by atoms with E-state index in [1.807, 2.05) is 37.3 Å². The third kappa shape index (κ3) is 4.02. The maximum absolute atomic E-state index is 13.9. The van der Waals surface area contributed by atoms with E-state index in [0.29, 0.717) is 5.16 Å². The molecule has 0 aliphatic heterocycles. The normalized spacial score (nSPS) is 11.9. The highest BCUT2D eigenvalue weighted by molar-refractivity contribution is 7.99. The molecule has 0 saturated carbocycles. The topological polar surface area (TPSA) is 85.8 Å². The van der Waals surface area contributed by atoms with Gasteiger partial charge < -0.3 is 11.2 Å². The molecule has 1 heterocycles. The van der Waals surface area contributed by atoms with E-state index in [2.05, 4.69) is 15.5 Å². The van der Waals surface area contributed by atoms with Crippen LogP contribution in [-0.4, -0.2) is 26.5 Å². The summed E-state index contributed by atoms with van der Waals surface area (Å²) < 4.78 is 15.1. The molecule has 8 heteroatoms. The minimum absolute atomic E-state index is 0.103. The van der Waals surface area contributed by atoms with Gasteiger partial charge in [0.2, 0.25) is 11.1 Å². The van der Waals surface area contributed by atoms with E-state index >= 15 is 0 Å². The predicted octanol–water partition coefficient (Wildman–Crippen LogP) is 2.77. The molecule has 0 bridgehead atoms. The number of aromatic nitrogens is 3. The summed E-state index contributed by atoms with van der Waals surface area (Å²) in [6.07, 6.45) is 0. The summed E-state index contributed by atoms with van der Waals surface area (Å²) in [5.74, 6) is 5.71. The van der Waals surface area contributed by atoms with E-state index in [1.54, 1.807) is 18.2 Å². The fraction of sp³-hybridized carbons (Fsp3) is 0.167. The lowest BCUT2D eigenvalue weighted by atomic mass is 10.1. The number of nitrogens with one attached hydrogen (secondary N) is 1. The number of halogens is 1. The molecule has 6 nitrogen and oxygen atoms in total. The van der Waals surface area contributed by atoms with Gasteiger partial charge in [-0.15, -0.1) is 10.2 Å². The van der Waals surface area contributed by atoms with E-state index < -0.39 is 5.82 Å². The summed E-state index contributed by atoms with van der Waals surface area (Å²) in [5.41, 5.74) is 1.28. The fourth-order valence-corrected chi connectivity index (χ4v) is 3.11. The van der Waals surface area contributed by atoms with Gasteiger partial charge in [0.05, 0.1) is 17.4 Å². The Kier molecular flexibility index (Phi) is 5.52. The van der Waals surface area contributed by atoms with Gasteiger partial charge in [-0.1, -0.05) is 54.2 Å². The van der Waals surface area contributed by atoms with Crippen LogP contribution in [0.5, 0.6) is 0 Å². The number of hydrogen-bond acceptors (Lipinski definition) is 5. The lowest BCUT2D eigenvalue weighted by Crippen LogP contribution is -2.28. The summed E-state index contributed by atoms with van der Waals surface area (Å²) in [6.45, 7) is 1.92. The Morgan fingerprint density at radius 1 is 1.19 bits per heavy atom. The van der Waals surface area contributed by atoms with Gasteiger partial charge in [0, 0.05) is 0 Å². The van der Waals surface area contributed by atoms with Gasteiger partial charge in [-0.3, -0.25) is 4.79 Å². The second kappa shape index (κ2) is 8.01. The van der Waals surface area contributed by atoms with Crippen molar-refractivity contribution in [2.45, 2.75) is 18.1 Å². The minimum Gasteiger partial charge on any atom is -0.349 e. The Bertz CT molecular complexity index is 900. The summed E-state index contributed by atoms with van der Waals surface area (Å²) >= 11 is 1.14. The van der Waals surface area contributed by atoms with Crippen LogP contribution in [0.25, 0.3) is 11.4 Å². The number of nitrogens with zero attached hydrogens (tertiary/aromatic N) is 3. The molecule has 3 rings (SSSR count). The van der Waals surface area contributed by atoms with Crippen LogP contribution in [0.4, 0.5) is 4.39 Å². The quantitative estimate of drug-likeness (QED) is 0.514. The van der Waals surface area contributed by atoms with Crippen LogP contribution in [0, 0.1) is 5.82 Å². The van der Waals surface area contributed by atoms with Gasteiger partial charge in [-0.2, -0.15) is 0 Å². The number of carbonyl (C=O) groups is 1. The lowest BCUT2D eigenvalue weighted by Gasteiger charge is -2.13. The number of benzene rings is 2. The van der Waals surface area contributed by atoms with Gasteiger partial charge in [0.1, 0.15) is 5.82 Å². The third-order valence-corrected chi connectivity index (χ3v) is 4.73. The highest BCUT2D eigenvalue weighted by Crippen LogP contribution is 2.23. The molecule has 0 radical (unpaired) electrons. The zero-order chi connectivity index (χ0) is 18.5. The van der Waals surface area contributed by atoms with Crippen molar-refractivity contribution in [2.75, 3.05) is 11.6 Å². The zero-order valence-corrected chi connectivity index (χ0v) is 14.9. The minimum atomic E-state index is -0.433. The van der Waals surface area contributed by atoms with Crippen LogP contribution in [0.1, 0.15) is 18.5 Å². The molecule has 3 N–H and O–H groups in total. The summed E-state index contributed by atoms with van der Waals surface area (Å²) in [5, 5.41) is 11.1. The van der Waals surface area contributed by atoms with E-state index in [4.69, 9.17) is 5.84 Å². The van der Waals surface area contributed by atoms with Gasteiger partial charge in [-0.05, 0) is 24.6 Å². The number of hydrogen-bond donors (Lipinski definition) is 2. The number of thioether (sulfide) groups is 1. The number of nitrogens with two attached hydrogens (primary N) is 1. The van der Waals surface area contributed by atoms with Gasteiger partial charge >= 0.3 is 0 Å². The molecule has 1 aromatic heterocycles. The second-order valence-corrected chi connectivity index (χ2v) is 6.59. The second-order valence-electron chi connectivity index (χ2n) is 5.64. The highest BCUT2D eigenvalue weighted by Gasteiger charge is 2.17. The maximum atomic E-state index is 13.9. The first kappa shape index (κ1) is 17.9. The van der Waals surface area contributed by atoms with Crippen LogP contribution >= 0.6 is 11.8 Å². The van der Waals surface area contributed by atoms with Crippen molar-refractivity contribution in [3.63, 3.8) is 0 Å². The number of nitrogen functional groups attached to an aromatic ring is 1. The van der Waals surface area contributed by atoms with Crippen molar-refractivity contribution < 1.29 is 9.18 Å². The van der Waals surface area contributed by atoms with Crippen LogP contribution < -0.4 is 11.2 Å². The average molecular weight is 371 g/mol. The Labute approximate surface area is 154 Å². The monoisotopic (exact) mass is 371 g/mol. The standard InChI is InChI=1S/C18H18FN5OS/c1-12(13-7-3-2-4-8-13)21-16(25)11-26-18-23-22-17(24(18)20)14-9-5-6-10-15(14)19/h2-10,12H,11,20H2,1H3,(H,21,25). The van der Waals surface area contributed by atoms with E-state index in [-0.39, 0.29) is 29.1 Å². The number of carbonyl (C=O) groups excluding carboxylic acids is 1. The molecule has 0 aliphatic carbocycles. The number of amides is 1. The first-order valence-corrected chi connectivity index (χ1v) is 8.97. The van der Waals surface area contributed by atoms with E-state index in [1.165, 1.54) is 10.7 Å². The molecular weight excluding hydrogens is 353 g/mol. The molecule has 26 heavy (non-hydrogen) atoms. The lowest BCUT2D eigenvalue weighted by molar-refractivity contribution is -0.119. The Balaban J connectivity index is 1.62. The third-order valence-electron chi connectivity index (χ3n) is 3.79. The summed E-state index contributed by atoms with van der Waals surface area (Å²) in [4.78, 5) is 12.2. The first-order valence-electron chi connectivity index (χ1n) is 7.98. The van der Waals surface area contributed by atoms with Crippen LogP contribution in [0.3, 0.4) is 0 Å². The average Bonchev–Trinajstić information content (AvgIpc) is 3.01. The zero-order valence-electron chi connectivity index (χ0n) is 14.1. The van der Waals surface area contributed by atoms with Crippen LogP contribution in [-0.2, 0) is 4.79 Å². The maximum Gasteiger partial charge on any atom is 0.230 e. The molecule has 1 unspecified atom stereocenters. The van der Waals surface area contributed by atoms with Crippen molar-refractivity contribution in [1.29, 1.82) is 0 Å². The van der Waals surface area contributed by atoms with Crippen molar-refractivity contribution >= 4 is 17.7 Å². The summed E-state index contributed by atoms with van der Waals surface area (Å²) in [7, 11) is 0. The molecule has 134 valence electrons. The van der Waals surface area contributed by atoms with Crippen LogP contribution in [0.2, 0.25) is 0 Å². The van der Waals surface area contributed by atoms with E-state index in [0.717, 1.165) is 17.3 Å². The molecule has 3 aromatic rings. The highest BCUT2D eigenvalue weighted by atomic mass is 32.2. The molecular formula is C18H18FN5OS. The molecule has 0 fully saturated rings. The summed E-state index contributed by atoms with van der Waals surface area (Å²) in [6, 6.07) is 15.8. The van der Waals surface area contributed by atoms with Gasteiger partial charge in [0.15, 0.2) is 5.82 Å². The Morgan fingerprint density at radius 3 is 2.62 bits per heavy atom. The molecule has 1 atom stereocenters. The molecule has 2 aromatic carbocycles. The number of rotatable bonds is 6. The Hall–Kier alpha value is -2.87. The predicted molar refractivity (Wildman–Crippen MR) is 99.3 cm³/mol. The largest absolute Gasteiger partial charge is 0.349 e. The van der Waals surface area contributed by atoms with Crippen molar-refractivity contribution in [3.05, 3.63) is 66.0 Å². The molecule has 0 spiro atoms. The smallest absolute Gasteiger partial charge is 0.230 e. The van der Waals surface area contributed by atoms with Crippen molar-refractivity contribution in [1.82, 2.24) is 20.2 Å². The van der Waals surface area contributed by atoms with Crippen LogP contribution in [0.15, 0.2) is 59.8 Å². The van der Waals surface area contributed by atoms with Gasteiger partial charge in [0.25, 0.3) is 0 Å².